The topological polar surface area (TPSA) is 54.0 Å². The van der Waals surface area contributed by atoms with Gasteiger partial charge in [0.15, 0.2) is 6.10 Å². The summed E-state index contributed by atoms with van der Waals surface area (Å²) >= 11 is 0. The van der Waals surface area contributed by atoms with Gasteiger partial charge in [-0.2, -0.15) is 0 Å². The molecule has 0 aromatic heterocycles. The maximum Gasteiger partial charge on any atom is 0.335 e. The highest BCUT2D eigenvalue weighted by molar-refractivity contribution is 5.74. The number of esters is 1. The van der Waals surface area contributed by atoms with Crippen LogP contribution >= 0.6 is 0 Å². The van der Waals surface area contributed by atoms with Gasteiger partial charge in [0.1, 0.15) is 19.0 Å². The van der Waals surface area contributed by atoms with Crippen molar-refractivity contribution < 1.29 is 23.7 Å². The van der Waals surface area contributed by atoms with Crippen LogP contribution in [0.2, 0.25) is 0 Å². The summed E-state index contributed by atoms with van der Waals surface area (Å²) in [5, 5.41) is 0. The molecule has 0 aliphatic carbocycles. The first-order chi connectivity index (χ1) is 10.3. The van der Waals surface area contributed by atoms with E-state index in [0.29, 0.717) is 13.2 Å². The van der Waals surface area contributed by atoms with Gasteiger partial charge in [0, 0.05) is 6.61 Å². The number of hydrogen-bond acceptors (Lipinski definition) is 5. The maximum atomic E-state index is 11.7. The first-order valence-corrected chi connectivity index (χ1v) is 7.33. The third-order valence-electron chi connectivity index (χ3n) is 3.23. The van der Waals surface area contributed by atoms with Crippen molar-refractivity contribution in [2.75, 3.05) is 26.4 Å². The fourth-order valence-electron chi connectivity index (χ4n) is 2.03. The third-order valence-corrected chi connectivity index (χ3v) is 3.23. The molecule has 2 rings (SSSR count). The van der Waals surface area contributed by atoms with E-state index in [0.717, 1.165) is 25.2 Å². The van der Waals surface area contributed by atoms with Gasteiger partial charge in [-0.05, 0) is 31.9 Å². The van der Waals surface area contributed by atoms with E-state index in [1.807, 2.05) is 30.3 Å². The predicted octanol–water partition coefficient (Wildman–Crippen LogP) is 2.19. The molecule has 1 aromatic carbocycles. The second-order valence-corrected chi connectivity index (χ2v) is 4.94. The molecule has 2 atom stereocenters. The normalized spacial score (nSPS) is 19.2. The molecule has 116 valence electrons. The molecule has 1 heterocycles. The van der Waals surface area contributed by atoms with E-state index in [2.05, 4.69) is 0 Å². The Kier molecular flexibility index (Phi) is 6.50. The van der Waals surface area contributed by atoms with Crippen LogP contribution in [0.15, 0.2) is 30.3 Å². The van der Waals surface area contributed by atoms with Crippen molar-refractivity contribution in [3.63, 3.8) is 0 Å². The molecule has 0 spiro atoms. The number of carbonyl (C=O) groups is 1. The lowest BCUT2D eigenvalue weighted by atomic mass is 10.2. The lowest BCUT2D eigenvalue weighted by molar-refractivity contribution is -0.158. The number of carbonyl (C=O) groups excluding carboxylic acids is 1. The Balaban J connectivity index is 1.55. The fraction of sp³-hybridized carbons (Fsp3) is 0.562. The van der Waals surface area contributed by atoms with E-state index in [4.69, 9.17) is 18.9 Å². The molecule has 0 saturated carbocycles. The number of benzene rings is 1. The summed E-state index contributed by atoms with van der Waals surface area (Å²) < 4.78 is 21.4. The molecule has 21 heavy (non-hydrogen) atoms. The minimum atomic E-state index is -0.578. The summed E-state index contributed by atoms with van der Waals surface area (Å²) in [7, 11) is 0. The molecule has 0 N–H and O–H groups in total. The van der Waals surface area contributed by atoms with Gasteiger partial charge >= 0.3 is 5.97 Å². The van der Waals surface area contributed by atoms with E-state index in [9.17, 15) is 4.79 Å². The highest BCUT2D eigenvalue weighted by Crippen LogP contribution is 2.13. The van der Waals surface area contributed by atoms with Crippen molar-refractivity contribution in [2.45, 2.75) is 32.0 Å². The number of rotatable bonds is 8. The summed E-state index contributed by atoms with van der Waals surface area (Å²) in [6.45, 7) is 3.45. The smallest absolute Gasteiger partial charge is 0.335 e. The largest absolute Gasteiger partial charge is 0.490 e. The second-order valence-electron chi connectivity index (χ2n) is 4.94. The van der Waals surface area contributed by atoms with Crippen LogP contribution in [0.3, 0.4) is 0 Å². The standard InChI is InChI=1S/C16H22O5/c1-13(21-12-15-8-5-9-18-15)16(17)20-11-10-19-14-6-3-2-4-7-14/h2-4,6-7,13,15H,5,8-12H2,1H3. The van der Waals surface area contributed by atoms with Crippen LogP contribution in [-0.2, 0) is 19.0 Å². The van der Waals surface area contributed by atoms with Crippen molar-refractivity contribution in [1.29, 1.82) is 0 Å². The summed E-state index contributed by atoms with van der Waals surface area (Å²) in [5.41, 5.74) is 0. The summed E-state index contributed by atoms with van der Waals surface area (Å²) in [6.07, 6.45) is 1.59. The molecule has 1 aliphatic rings. The van der Waals surface area contributed by atoms with Crippen molar-refractivity contribution in [2.24, 2.45) is 0 Å². The van der Waals surface area contributed by atoms with Crippen LogP contribution in [0, 0.1) is 0 Å². The Morgan fingerprint density at radius 1 is 1.33 bits per heavy atom. The fourth-order valence-corrected chi connectivity index (χ4v) is 2.03. The Bertz CT molecular complexity index is 414. The third kappa shape index (κ3) is 5.73. The molecule has 1 saturated heterocycles. The monoisotopic (exact) mass is 294 g/mol. The maximum absolute atomic E-state index is 11.7. The molecule has 2 unspecified atom stereocenters. The zero-order valence-corrected chi connectivity index (χ0v) is 12.3. The summed E-state index contributed by atoms with van der Waals surface area (Å²) in [6, 6.07) is 9.41. The number of para-hydroxylation sites is 1. The van der Waals surface area contributed by atoms with Crippen LogP contribution in [0.5, 0.6) is 5.75 Å². The van der Waals surface area contributed by atoms with E-state index in [1.54, 1.807) is 6.92 Å². The van der Waals surface area contributed by atoms with E-state index < -0.39 is 6.10 Å². The highest BCUT2D eigenvalue weighted by atomic mass is 16.6. The van der Waals surface area contributed by atoms with Crippen LogP contribution < -0.4 is 4.74 Å². The van der Waals surface area contributed by atoms with Crippen molar-refractivity contribution in [3.05, 3.63) is 30.3 Å². The van der Waals surface area contributed by atoms with E-state index >= 15 is 0 Å². The zero-order valence-electron chi connectivity index (χ0n) is 12.3. The van der Waals surface area contributed by atoms with Gasteiger partial charge in [0.2, 0.25) is 0 Å². The molecule has 5 nitrogen and oxygen atoms in total. The average Bonchev–Trinajstić information content (AvgIpc) is 3.03. The van der Waals surface area contributed by atoms with Gasteiger partial charge in [-0.3, -0.25) is 0 Å². The summed E-state index contributed by atoms with van der Waals surface area (Å²) in [4.78, 5) is 11.7. The SMILES string of the molecule is CC(OCC1CCCO1)C(=O)OCCOc1ccccc1. The molecule has 0 radical (unpaired) electrons. The Hall–Kier alpha value is -1.59. The van der Waals surface area contributed by atoms with E-state index in [-0.39, 0.29) is 18.7 Å². The second kappa shape index (κ2) is 8.64. The molecular formula is C16H22O5. The highest BCUT2D eigenvalue weighted by Gasteiger charge is 2.20. The minimum absolute atomic E-state index is 0.113. The van der Waals surface area contributed by atoms with Gasteiger partial charge in [-0.15, -0.1) is 0 Å². The predicted molar refractivity (Wildman–Crippen MR) is 77.3 cm³/mol. The minimum Gasteiger partial charge on any atom is -0.490 e. The van der Waals surface area contributed by atoms with Crippen LogP contribution in [0.4, 0.5) is 0 Å². The Morgan fingerprint density at radius 3 is 2.86 bits per heavy atom. The van der Waals surface area contributed by atoms with Crippen LogP contribution in [-0.4, -0.2) is 44.6 Å². The van der Waals surface area contributed by atoms with Gasteiger partial charge < -0.3 is 18.9 Å². The van der Waals surface area contributed by atoms with Gasteiger partial charge in [-0.1, -0.05) is 18.2 Å². The molecule has 5 heteroatoms. The summed E-state index contributed by atoms with van der Waals surface area (Å²) in [5.74, 6) is 0.390. The average molecular weight is 294 g/mol. The van der Waals surface area contributed by atoms with Crippen LogP contribution in [0.1, 0.15) is 19.8 Å². The molecule has 0 amide bonds. The van der Waals surface area contributed by atoms with Gasteiger partial charge in [0.05, 0.1) is 12.7 Å². The Morgan fingerprint density at radius 2 is 2.14 bits per heavy atom. The molecule has 1 aromatic rings. The molecule has 1 aliphatic heterocycles. The molecule has 1 fully saturated rings. The first kappa shape index (κ1) is 15.8. The van der Waals surface area contributed by atoms with E-state index in [1.165, 1.54) is 0 Å². The molecular weight excluding hydrogens is 272 g/mol. The van der Waals surface area contributed by atoms with Crippen LogP contribution in [0.25, 0.3) is 0 Å². The first-order valence-electron chi connectivity index (χ1n) is 7.33. The lowest BCUT2D eigenvalue weighted by Crippen LogP contribution is -2.28. The molecule has 0 bridgehead atoms. The van der Waals surface area contributed by atoms with Crippen molar-refractivity contribution in [3.8, 4) is 5.75 Å². The van der Waals surface area contributed by atoms with Gasteiger partial charge in [0.25, 0.3) is 0 Å². The zero-order chi connectivity index (χ0) is 14.9. The number of hydrogen-bond donors (Lipinski definition) is 0. The van der Waals surface area contributed by atoms with Crippen molar-refractivity contribution in [1.82, 2.24) is 0 Å². The van der Waals surface area contributed by atoms with Crippen molar-refractivity contribution >= 4 is 5.97 Å². The van der Waals surface area contributed by atoms with Gasteiger partial charge in [-0.25, -0.2) is 4.79 Å². The quantitative estimate of drug-likeness (QED) is 0.543. The number of ether oxygens (including phenoxy) is 4. The lowest BCUT2D eigenvalue weighted by Gasteiger charge is -2.15. The Labute approximate surface area is 125 Å².